The zero-order valence-corrected chi connectivity index (χ0v) is 9.62. The minimum atomic E-state index is -0.906. The fourth-order valence-corrected chi connectivity index (χ4v) is 1.65. The van der Waals surface area contributed by atoms with Crippen molar-refractivity contribution in [2.24, 2.45) is 0 Å². The van der Waals surface area contributed by atoms with Gasteiger partial charge in [0.25, 0.3) is 0 Å². The Bertz CT molecular complexity index is 330. The number of aliphatic hydroxyl groups is 2. The van der Waals surface area contributed by atoms with Gasteiger partial charge in [-0.3, -0.25) is 0 Å². The van der Waals surface area contributed by atoms with E-state index in [1.165, 1.54) is 0 Å². The summed E-state index contributed by atoms with van der Waals surface area (Å²) in [5.74, 6) is 0. The van der Waals surface area contributed by atoms with Gasteiger partial charge in [-0.2, -0.15) is 0 Å². The molecule has 0 spiro atoms. The molecule has 1 aromatic rings. The van der Waals surface area contributed by atoms with Crippen LogP contribution in [0.25, 0.3) is 0 Å². The molecule has 1 rings (SSSR count). The minimum Gasteiger partial charge on any atom is -0.389 e. The van der Waals surface area contributed by atoms with E-state index in [9.17, 15) is 10.2 Å². The Hall–Kier alpha value is -0.610. The Morgan fingerprint density at radius 3 is 2.67 bits per heavy atom. The smallest absolute Gasteiger partial charge is 0.106 e. The Kier molecular flexibility index (Phi) is 4.54. The molecule has 2 atom stereocenters. The van der Waals surface area contributed by atoms with Crippen molar-refractivity contribution in [3.8, 4) is 0 Å². The largest absolute Gasteiger partial charge is 0.389 e. The summed E-state index contributed by atoms with van der Waals surface area (Å²) in [6, 6.07) is 5.29. The fourth-order valence-electron chi connectivity index (χ4n) is 1.47. The lowest BCUT2D eigenvalue weighted by Gasteiger charge is -2.20. The lowest BCUT2D eigenvalue weighted by Crippen LogP contribution is -2.29. The molecule has 0 radical (unpaired) electrons. The summed E-state index contributed by atoms with van der Waals surface area (Å²) in [5.41, 5.74) is 1.48. The second kappa shape index (κ2) is 5.47. The predicted molar refractivity (Wildman–Crippen MR) is 61.1 cm³/mol. The Morgan fingerprint density at radius 1 is 1.40 bits per heavy atom. The number of nitrogens with one attached hydrogen (secondary N) is 1. The van der Waals surface area contributed by atoms with Crippen LogP contribution < -0.4 is 5.32 Å². The number of halogens is 1. The molecular weight excluding hydrogens is 214 g/mol. The molecule has 84 valence electrons. The number of hydrogen-bond acceptors (Lipinski definition) is 3. The first kappa shape index (κ1) is 12.5. The highest BCUT2D eigenvalue weighted by Crippen LogP contribution is 2.25. The SMILES string of the molecule is CNCC(O)C(O)c1cccc(Cl)c1C. The van der Waals surface area contributed by atoms with Crippen molar-refractivity contribution in [1.29, 1.82) is 0 Å². The summed E-state index contributed by atoms with van der Waals surface area (Å²) in [6.07, 6.45) is -1.73. The molecule has 0 aliphatic heterocycles. The van der Waals surface area contributed by atoms with Crippen LogP contribution in [-0.2, 0) is 0 Å². The van der Waals surface area contributed by atoms with E-state index in [4.69, 9.17) is 11.6 Å². The maximum atomic E-state index is 9.88. The molecular formula is C11H16ClNO2. The molecule has 15 heavy (non-hydrogen) atoms. The normalized spacial score (nSPS) is 15.0. The summed E-state index contributed by atoms with van der Waals surface area (Å²) >= 11 is 5.93. The van der Waals surface area contributed by atoms with Crippen molar-refractivity contribution < 1.29 is 10.2 Å². The van der Waals surface area contributed by atoms with E-state index in [0.29, 0.717) is 17.1 Å². The third-order valence-corrected chi connectivity index (χ3v) is 2.82. The molecule has 0 amide bonds. The quantitative estimate of drug-likeness (QED) is 0.729. The van der Waals surface area contributed by atoms with E-state index >= 15 is 0 Å². The lowest BCUT2D eigenvalue weighted by atomic mass is 9.99. The highest BCUT2D eigenvalue weighted by Gasteiger charge is 2.19. The van der Waals surface area contributed by atoms with Crippen LogP contribution in [0.2, 0.25) is 5.02 Å². The molecule has 0 saturated carbocycles. The highest BCUT2D eigenvalue weighted by atomic mass is 35.5. The fraction of sp³-hybridized carbons (Fsp3) is 0.455. The molecule has 2 unspecified atom stereocenters. The van der Waals surface area contributed by atoms with Crippen molar-refractivity contribution in [1.82, 2.24) is 5.32 Å². The molecule has 0 bridgehead atoms. The van der Waals surface area contributed by atoms with Gasteiger partial charge in [0.2, 0.25) is 0 Å². The van der Waals surface area contributed by atoms with Crippen molar-refractivity contribution >= 4 is 11.6 Å². The lowest BCUT2D eigenvalue weighted by molar-refractivity contribution is 0.0199. The zero-order valence-electron chi connectivity index (χ0n) is 8.87. The van der Waals surface area contributed by atoms with Gasteiger partial charge in [-0.05, 0) is 31.2 Å². The highest BCUT2D eigenvalue weighted by molar-refractivity contribution is 6.31. The molecule has 0 fully saturated rings. The molecule has 3 nitrogen and oxygen atoms in total. The Morgan fingerprint density at radius 2 is 2.07 bits per heavy atom. The maximum Gasteiger partial charge on any atom is 0.106 e. The first-order chi connectivity index (χ1) is 7.07. The molecule has 0 aliphatic carbocycles. The zero-order chi connectivity index (χ0) is 11.4. The van der Waals surface area contributed by atoms with Crippen LogP contribution in [0, 0.1) is 6.92 Å². The summed E-state index contributed by atoms with van der Waals surface area (Å²) in [4.78, 5) is 0. The third-order valence-electron chi connectivity index (χ3n) is 2.41. The van der Waals surface area contributed by atoms with Gasteiger partial charge < -0.3 is 15.5 Å². The van der Waals surface area contributed by atoms with Crippen LogP contribution in [0.1, 0.15) is 17.2 Å². The molecule has 1 aromatic carbocycles. The van der Waals surface area contributed by atoms with Crippen molar-refractivity contribution in [3.05, 3.63) is 34.3 Å². The summed E-state index contributed by atoms with van der Waals surface area (Å²) in [6.45, 7) is 2.17. The van der Waals surface area contributed by atoms with Gasteiger partial charge in [-0.1, -0.05) is 23.7 Å². The van der Waals surface area contributed by atoms with Gasteiger partial charge >= 0.3 is 0 Å². The summed E-state index contributed by atoms with van der Waals surface area (Å²) in [7, 11) is 1.72. The van der Waals surface area contributed by atoms with Crippen LogP contribution >= 0.6 is 11.6 Å². The second-order valence-corrected chi connectivity index (χ2v) is 3.93. The third kappa shape index (κ3) is 2.92. The van der Waals surface area contributed by atoms with Crippen LogP contribution in [-0.4, -0.2) is 29.9 Å². The van der Waals surface area contributed by atoms with E-state index in [0.717, 1.165) is 5.56 Å². The Balaban J connectivity index is 2.90. The van der Waals surface area contributed by atoms with Crippen molar-refractivity contribution in [2.75, 3.05) is 13.6 Å². The summed E-state index contributed by atoms with van der Waals surface area (Å²) in [5, 5.41) is 22.9. The molecule has 0 saturated heterocycles. The standard InChI is InChI=1S/C11H16ClNO2/c1-7-8(4-3-5-9(7)12)11(15)10(14)6-13-2/h3-5,10-11,13-15H,6H2,1-2H3. The average molecular weight is 230 g/mol. The predicted octanol–water partition coefficient (Wildman–Crippen LogP) is 1.26. The van der Waals surface area contributed by atoms with Gasteiger partial charge in [0.05, 0.1) is 6.10 Å². The number of likely N-dealkylation sites (N-methyl/N-ethyl adjacent to an activating group) is 1. The van der Waals surface area contributed by atoms with E-state index < -0.39 is 12.2 Å². The summed E-state index contributed by atoms with van der Waals surface area (Å²) < 4.78 is 0. The van der Waals surface area contributed by atoms with Crippen LogP contribution in [0.4, 0.5) is 0 Å². The van der Waals surface area contributed by atoms with E-state index in [1.54, 1.807) is 25.2 Å². The number of rotatable bonds is 4. The number of aliphatic hydroxyl groups excluding tert-OH is 2. The first-order valence-electron chi connectivity index (χ1n) is 4.83. The van der Waals surface area contributed by atoms with Crippen molar-refractivity contribution in [2.45, 2.75) is 19.1 Å². The topological polar surface area (TPSA) is 52.5 Å². The van der Waals surface area contributed by atoms with Gasteiger partial charge in [0.15, 0.2) is 0 Å². The van der Waals surface area contributed by atoms with E-state index in [1.807, 2.05) is 6.92 Å². The van der Waals surface area contributed by atoms with Crippen LogP contribution in [0.15, 0.2) is 18.2 Å². The molecule has 3 N–H and O–H groups in total. The van der Waals surface area contributed by atoms with Gasteiger partial charge in [0.1, 0.15) is 6.10 Å². The minimum absolute atomic E-state index is 0.340. The van der Waals surface area contributed by atoms with Crippen molar-refractivity contribution in [3.63, 3.8) is 0 Å². The van der Waals surface area contributed by atoms with Gasteiger partial charge in [0, 0.05) is 11.6 Å². The second-order valence-electron chi connectivity index (χ2n) is 3.52. The number of benzene rings is 1. The average Bonchev–Trinajstić information content (AvgIpc) is 2.21. The Labute approximate surface area is 94.7 Å². The maximum absolute atomic E-state index is 9.88. The molecule has 0 aromatic heterocycles. The number of hydrogen-bond donors (Lipinski definition) is 3. The van der Waals surface area contributed by atoms with Crippen LogP contribution in [0.3, 0.4) is 0 Å². The first-order valence-corrected chi connectivity index (χ1v) is 5.21. The molecule has 0 heterocycles. The van der Waals surface area contributed by atoms with E-state index in [-0.39, 0.29) is 0 Å². The molecule has 4 heteroatoms. The van der Waals surface area contributed by atoms with Gasteiger partial charge in [-0.15, -0.1) is 0 Å². The van der Waals surface area contributed by atoms with E-state index in [2.05, 4.69) is 5.32 Å². The monoisotopic (exact) mass is 229 g/mol. The van der Waals surface area contributed by atoms with Crippen LogP contribution in [0.5, 0.6) is 0 Å². The van der Waals surface area contributed by atoms with Gasteiger partial charge in [-0.25, -0.2) is 0 Å². The molecule has 0 aliphatic rings.